The Balaban J connectivity index is 0.712. The highest BCUT2D eigenvalue weighted by Gasteiger charge is 2.48. The number of fused-ring (bicyclic) bond motifs is 1. The first-order chi connectivity index (χ1) is 32.6. The zero-order valence-corrected chi connectivity index (χ0v) is 39.6. The van der Waals surface area contributed by atoms with Crippen molar-refractivity contribution in [3.05, 3.63) is 70.6 Å². The molecule has 20 heteroatoms. The Morgan fingerprint density at radius 1 is 0.897 bits per heavy atom. The van der Waals surface area contributed by atoms with Gasteiger partial charge in [0.1, 0.15) is 6.04 Å². The first kappa shape index (κ1) is 45.9. The molecule has 4 N–H and O–H groups in total. The van der Waals surface area contributed by atoms with Gasteiger partial charge in [0.05, 0.1) is 50.4 Å². The number of halogens is 1. The van der Waals surface area contributed by atoms with E-state index in [-0.39, 0.29) is 69.6 Å². The molecule has 4 aromatic rings. The van der Waals surface area contributed by atoms with Crippen LogP contribution in [0.4, 0.5) is 21.7 Å². The van der Waals surface area contributed by atoms with E-state index in [1.54, 1.807) is 43.5 Å². The molecular formula is C48H55FN10O7S2. The molecule has 10 rings (SSSR count). The van der Waals surface area contributed by atoms with Gasteiger partial charge in [0.15, 0.2) is 5.82 Å². The van der Waals surface area contributed by atoms with E-state index < -0.39 is 45.5 Å². The molecule has 6 aliphatic rings. The summed E-state index contributed by atoms with van der Waals surface area (Å²) in [4.78, 5) is 86.1. The van der Waals surface area contributed by atoms with Gasteiger partial charge in [0, 0.05) is 61.4 Å². The fourth-order valence-electron chi connectivity index (χ4n) is 11.3. The molecule has 17 nitrogen and oxygen atoms in total. The van der Waals surface area contributed by atoms with Gasteiger partial charge in [0.2, 0.25) is 33.7 Å². The van der Waals surface area contributed by atoms with Crippen LogP contribution in [-0.4, -0.2) is 125 Å². The minimum Gasteiger partial charge on any atom is -0.370 e. The van der Waals surface area contributed by atoms with E-state index in [0.29, 0.717) is 29.2 Å². The highest BCUT2D eigenvalue weighted by molar-refractivity contribution is 7.92. The Labute approximate surface area is 398 Å². The summed E-state index contributed by atoms with van der Waals surface area (Å²) in [6.45, 7) is 6.92. The van der Waals surface area contributed by atoms with Crippen molar-refractivity contribution < 1.29 is 36.8 Å². The summed E-state index contributed by atoms with van der Waals surface area (Å²) in [5.41, 5.74) is 8.61. The number of nitrogens with one attached hydrogen (secondary N) is 2. The second-order valence-electron chi connectivity index (χ2n) is 19.6. The van der Waals surface area contributed by atoms with Crippen molar-refractivity contribution in [1.82, 2.24) is 35.0 Å². The second-order valence-corrected chi connectivity index (χ2v) is 22.5. The lowest BCUT2D eigenvalue weighted by atomic mass is 9.65. The Morgan fingerprint density at radius 2 is 1.62 bits per heavy atom. The number of rotatable bonds is 11. The van der Waals surface area contributed by atoms with Crippen LogP contribution in [0.2, 0.25) is 0 Å². The van der Waals surface area contributed by atoms with E-state index in [2.05, 4.69) is 29.8 Å². The summed E-state index contributed by atoms with van der Waals surface area (Å²) >= 11 is 1.46. The van der Waals surface area contributed by atoms with Crippen molar-refractivity contribution in [3.63, 3.8) is 0 Å². The molecule has 5 fully saturated rings. The number of benzene rings is 2. The van der Waals surface area contributed by atoms with Crippen LogP contribution in [0.25, 0.3) is 21.8 Å². The van der Waals surface area contributed by atoms with Crippen LogP contribution >= 0.6 is 11.3 Å². The Bertz CT molecular complexity index is 2800. The molecule has 0 unspecified atom stereocenters. The summed E-state index contributed by atoms with van der Waals surface area (Å²) in [6, 6.07) is 10.6. The number of carbonyl (C=O) groups is 5. The predicted octanol–water partition coefficient (Wildman–Crippen LogP) is 5.41. The van der Waals surface area contributed by atoms with Crippen molar-refractivity contribution in [1.29, 1.82) is 0 Å². The van der Waals surface area contributed by atoms with Crippen LogP contribution < -0.4 is 20.7 Å². The summed E-state index contributed by atoms with van der Waals surface area (Å²) in [5, 5.41) is 3.11. The largest absolute Gasteiger partial charge is 0.370 e. The number of nitrogen functional groups attached to an aromatic ring is 1. The topological polar surface area (TPSA) is 221 Å². The van der Waals surface area contributed by atoms with E-state index in [4.69, 9.17) is 10.7 Å². The maximum absolute atomic E-state index is 16.2. The van der Waals surface area contributed by atoms with Crippen molar-refractivity contribution in [2.24, 2.45) is 10.8 Å². The number of carbonyl (C=O) groups excluding carboxylic acids is 5. The lowest BCUT2D eigenvalue weighted by Gasteiger charge is -2.55. The second kappa shape index (κ2) is 17.9. The maximum atomic E-state index is 16.2. The normalized spacial score (nSPS) is 21.9. The van der Waals surface area contributed by atoms with Crippen LogP contribution in [0.1, 0.15) is 109 Å². The number of piperidine rings is 3. The molecule has 4 saturated heterocycles. The van der Waals surface area contributed by atoms with Crippen molar-refractivity contribution in [2.45, 2.75) is 89.5 Å². The molecule has 68 heavy (non-hydrogen) atoms. The maximum Gasteiger partial charge on any atom is 0.262 e. The fraction of sp³-hybridized carbons (Fsp3) is 0.500. The van der Waals surface area contributed by atoms with Gasteiger partial charge in [-0.15, -0.1) is 11.3 Å². The third-order valence-corrected chi connectivity index (χ3v) is 17.9. The van der Waals surface area contributed by atoms with Gasteiger partial charge >= 0.3 is 0 Å². The van der Waals surface area contributed by atoms with Gasteiger partial charge in [-0.25, -0.2) is 27.8 Å². The highest BCUT2D eigenvalue weighted by Crippen LogP contribution is 2.51. The molecule has 5 amide bonds. The van der Waals surface area contributed by atoms with E-state index in [1.165, 1.54) is 17.4 Å². The van der Waals surface area contributed by atoms with Crippen LogP contribution in [0.3, 0.4) is 0 Å². The number of anilines is 3. The lowest BCUT2D eigenvalue weighted by Crippen LogP contribution is -2.61. The van der Waals surface area contributed by atoms with Crippen LogP contribution in [0.5, 0.6) is 0 Å². The molecule has 358 valence electrons. The smallest absolute Gasteiger partial charge is 0.262 e. The van der Waals surface area contributed by atoms with Crippen LogP contribution in [0.15, 0.2) is 48.7 Å². The number of aromatic nitrogens is 3. The third-order valence-electron chi connectivity index (χ3n) is 15.2. The van der Waals surface area contributed by atoms with Crippen molar-refractivity contribution in [3.8, 4) is 21.8 Å². The first-order valence-corrected chi connectivity index (χ1v) is 26.1. The number of likely N-dealkylation sites (tertiary alicyclic amines) is 2. The number of hydrogen-bond donors (Lipinski definition) is 3. The number of nitrogens with two attached hydrogens (primary N) is 1. The molecule has 5 aliphatic heterocycles. The Morgan fingerprint density at radius 3 is 2.32 bits per heavy atom. The number of imide groups is 2. The van der Waals surface area contributed by atoms with Gasteiger partial charge in [0.25, 0.3) is 11.8 Å². The minimum absolute atomic E-state index is 0.0733. The van der Waals surface area contributed by atoms with Crippen molar-refractivity contribution >= 4 is 68.2 Å². The third kappa shape index (κ3) is 8.74. The van der Waals surface area contributed by atoms with E-state index in [1.807, 2.05) is 11.0 Å². The standard InChI is InChI=1S/C48H55FN10O7S2/c1-2-24-68(65,66)55-34-5-3-4-32(39(34)49)40-41(35-12-19-51-46(50)52-35)67-43(54-40)29-10-13-47(14-11-29)17-22-57(23-18-47)38(61)26-56-20-15-48(16-21-56)27-58(28-48)30-6-7-31-33(25-30)45(64)59(44(31)63)36-8-9-37(60)53-42(36)62/h3-7,12,19,25,29,36,55H,2,8-11,13-18,20-24,26-28H2,1H3,(H2,50,51,52)(H,53,60,62)/t36-/m1/s1. The van der Waals surface area contributed by atoms with Gasteiger partial charge in [-0.05, 0) is 119 Å². The number of hydrogen-bond acceptors (Lipinski definition) is 14. The highest BCUT2D eigenvalue weighted by atomic mass is 32.2. The lowest BCUT2D eigenvalue weighted by molar-refractivity contribution is -0.137. The first-order valence-electron chi connectivity index (χ1n) is 23.6. The quantitative estimate of drug-likeness (QED) is 0.160. The Kier molecular flexibility index (Phi) is 12.1. The number of nitrogens with zero attached hydrogens (tertiary/aromatic N) is 7. The summed E-state index contributed by atoms with van der Waals surface area (Å²) in [5.74, 6) is -2.48. The average Bonchev–Trinajstić information content (AvgIpc) is 3.85. The molecular weight excluding hydrogens is 912 g/mol. The number of amides is 5. The number of sulfonamides is 1. The zero-order chi connectivity index (χ0) is 47.5. The molecule has 1 atom stereocenters. The predicted molar refractivity (Wildman–Crippen MR) is 254 cm³/mol. The van der Waals surface area contributed by atoms with E-state index in [9.17, 15) is 32.4 Å². The van der Waals surface area contributed by atoms with Crippen molar-refractivity contribution in [2.75, 3.05) is 66.9 Å². The molecule has 0 bridgehead atoms. The summed E-state index contributed by atoms with van der Waals surface area (Å²) in [7, 11) is -3.73. The van der Waals surface area contributed by atoms with E-state index >= 15 is 4.39 Å². The Hall–Kier alpha value is -5.86. The van der Waals surface area contributed by atoms with Gasteiger partial charge in [-0.1, -0.05) is 13.0 Å². The summed E-state index contributed by atoms with van der Waals surface area (Å²) in [6.07, 6.45) is 9.77. The monoisotopic (exact) mass is 966 g/mol. The van der Waals surface area contributed by atoms with Gasteiger partial charge in [-0.2, -0.15) is 0 Å². The molecule has 2 aromatic heterocycles. The molecule has 7 heterocycles. The fourth-order valence-corrected chi connectivity index (χ4v) is 13.6. The van der Waals surface area contributed by atoms with Crippen LogP contribution in [-0.2, 0) is 24.4 Å². The van der Waals surface area contributed by atoms with Gasteiger partial charge < -0.3 is 15.5 Å². The molecule has 2 aromatic carbocycles. The zero-order valence-electron chi connectivity index (χ0n) is 38.0. The van der Waals surface area contributed by atoms with E-state index in [0.717, 1.165) is 106 Å². The minimum atomic E-state index is -3.73. The average molecular weight is 967 g/mol. The summed E-state index contributed by atoms with van der Waals surface area (Å²) < 4.78 is 43.7. The molecule has 1 aliphatic carbocycles. The molecule has 2 spiro atoms. The SMILES string of the molecule is CCCS(=O)(=O)Nc1cccc(-c2nc(C3CCC4(CC3)CCN(C(=O)CN3CCC5(CC3)CN(c3ccc6c(c3)C(=O)N([C@@H]3CCC(=O)NC3=O)C6=O)C5)CC4)sc2-c2ccnc(N)n2)c1F. The van der Waals surface area contributed by atoms with Gasteiger partial charge in [-0.3, -0.25) is 43.8 Å². The molecule has 0 radical (unpaired) electrons. The number of thiazole rings is 1. The molecule has 1 saturated carbocycles. The van der Waals surface area contributed by atoms with Crippen LogP contribution in [0, 0.1) is 16.6 Å².